The van der Waals surface area contributed by atoms with E-state index in [1.165, 1.54) is 6.92 Å². The summed E-state index contributed by atoms with van der Waals surface area (Å²) in [6.45, 7) is 5.06. The molecule has 0 saturated carbocycles. The summed E-state index contributed by atoms with van der Waals surface area (Å²) in [4.78, 5) is 50.0. The molecule has 0 aliphatic carbocycles. The zero-order chi connectivity index (χ0) is 45.4. The van der Waals surface area contributed by atoms with Crippen molar-refractivity contribution in [3.63, 3.8) is 0 Å². The fraction of sp³-hybridized carbons (Fsp3) is 0.255. The molecule has 2 amide bonds. The molecule has 8 rings (SSSR count). The largest absolute Gasteiger partial charge is 0.489 e. The van der Waals surface area contributed by atoms with Crippen LogP contribution in [0.5, 0.6) is 17.2 Å². The van der Waals surface area contributed by atoms with Gasteiger partial charge in [0, 0.05) is 38.2 Å². The van der Waals surface area contributed by atoms with Crippen LogP contribution >= 0.6 is 23.2 Å². The van der Waals surface area contributed by atoms with Gasteiger partial charge in [-0.05, 0) is 101 Å². The van der Waals surface area contributed by atoms with Crippen LogP contribution in [0.4, 0.5) is 13.2 Å². The Morgan fingerprint density at radius 3 is 2.34 bits per heavy atom. The number of halogens is 5. The second-order valence-corrected chi connectivity index (χ2v) is 16.3. The van der Waals surface area contributed by atoms with Crippen molar-refractivity contribution in [2.75, 3.05) is 6.61 Å². The Balaban J connectivity index is 1.02. The minimum atomic E-state index is -5.08. The first kappa shape index (κ1) is 44.0. The average Bonchev–Trinajstić information content (AvgIpc) is 3.68. The van der Waals surface area contributed by atoms with Crippen molar-refractivity contribution in [3.8, 4) is 28.4 Å². The summed E-state index contributed by atoms with van der Waals surface area (Å²) in [5.41, 5.74) is 5.92. The molecule has 2 N–H and O–H groups in total. The molecule has 4 heterocycles. The van der Waals surface area contributed by atoms with E-state index in [2.05, 4.69) is 15.3 Å². The molecule has 6 aromatic rings. The summed E-state index contributed by atoms with van der Waals surface area (Å²) < 4.78 is 65.6. The monoisotopic (exact) mass is 914 g/mol. The Kier molecular flexibility index (Phi) is 12.3. The number of alkyl halides is 3. The van der Waals surface area contributed by atoms with Crippen molar-refractivity contribution in [2.24, 2.45) is 0 Å². The van der Waals surface area contributed by atoms with Crippen molar-refractivity contribution < 1.29 is 51.3 Å². The van der Waals surface area contributed by atoms with E-state index in [1.807, 2.05) is 50.2 Å². The predicted molar refractivity (Wildman–Crippen MR) is 229 cm³/mol. The summed E-state index contributed by atoms with van der Waals surface area (Å²) in [7, 11) is 0. The molecule has 0 saturated heterocycles. The number of carbonyl (C=O) groups excluding carboxylic acids is 2. The summed E-state index contributed by atoms with van der Waals surface area (Å²) in [6, 6.07) is 21.9. The van der Waals surface area contributed by atoms with Gasteiger partial charge in [0.25, 0.3) is 5.91 Å². The second kappa shape index (κ2) is 17.9. The molecule has 12 nitrogen and oxygen atoms in total. The van der Waals surface area contributed by atoms with Gasteiger partial charge in [-0.15, -0.1) is 0 Å². The van der Waals surface area contributed by atoms with E-state index in [1.54, 1.807) is 54.7 Å². The minimum Gasteiger partial charge on any atom is -0.489 e. The van der Waals surface area contributed by atoms with Gasteiger partial charge in [0.2, 0.25) is 11.7 Å². The van der Waals surface area contributed by atoms with Crippen molar-refractivity contribution in [1.82, 2.24) is 20.2 Å². The first-order chi connectivity index (χ1) is 30.5. The lowest BCUT2D eigenvalue weighted by molar-refractivity contribution is -0.153. The Bertz CT molecular complexity index is 2760. The quantitative estimate of drug-likeness (QED) is 0.129. The van der Waals surface area contributed by atoms with E-state index in [4.69, 9.17) is 41.8 Å². The number of aryl methyl sites for hydroxylation is 2. The number of aromatic nitrogens is 2. The van der Waals surface area contributed by atoms with Gasteiger partial charge in [-0.2, -0.15) is 13.2 Å². The predicted octanol–water partition coefficient (Wildman–Crippen LogP) is 9.46. The van der Waals surface area contributed by atoms with Gasteiger partial charge < -0.3 is 34.0 Å². The van der Waals surface area contributed by atoms with E-state index in [0.717, 1.165) is 38.4 Å². The Hall–Kier alpha value is -6.58. The molecule has 0 spiro atoms. The number of nitrogens with zero attached hydrogens (tertiary/aromatic N) is 3. The van der Waals surface area contributed by atoms with Crippen molar-refractivity contribution in [3.05, 3.63) is 158 Å². The molecule has 2 aliphatic heterocycles. The highest BCUT2D eigenvalue weighted by atomic mass is 35.5. The number of hydrogen-bond donors (Lipinski definition) is 2. The van der Waals surface area contributed by atoms with E-state index < -0.39 is 59.5 Å². The second-order valence-electron chi connectivity index (χ2n) is 15.5. The highest BCUT2D eigenvalue weighted by molar-refractivity contribution is 6.42. The van der Waals surface area contributed by atoms with Crippen LogP contribution in [0.3, 0.4) is 0 Å². The number of aliphatic carboxylic acids is 1. The summed E-state index contributed by atoms with van der Waals surface area (Å²) in [5.74, 6) is -4.23. The number of rotatable bonds is 11. The molecule has 2 aromatic heterocycles. The van der Waals surface area contributed by atoms with E-state index >= 15 is 0 Å². The van der Waals surface area contributed by atoms with Crippen molar-refractivity contribution >= 4 is 41.0 Å². The van der Waals surface area contributed by atoms with Gasteiger partial charge in [-0.25, -0.2) is 9.78 Å². The van der Waals surface area contributed by atoms with Gasteiger partial charge in [-0.1, -0.05) is 65.7 Å². The number of ether oxygens (including phenoxy) is 3. The van der Waals surface area contributed by atoms with Crippen molar-refractivity contribution in [1.29, 1.82) is 0 Å². The molecule has 1 unspecified atom stereocenters. The molecule has 2 aliphatic rings. The Labute approximate surface area is 374 Å². The highest BCUT2D eigenvalue weighted by Crippen LogP contribution is 2.42. The lowest BCUT2D eigenvalue weighted by Gasteiger charge is -2.37. The van der Waals surface area contributed by atoms with Crippen LogP contribution in [0.1, 0.15) is 67.3 Å². The van der Waals surface area contributed by atoms with Crippen LogP contribution in [-0.2, 0) is 41.8 Å². The first-order valence-corrected chi connectivity index (χ1v) is 20.8. The Morgan fingerprint density at radius 1 is 0.922 bits per heavy atom. The third-order valence-electron chi connectivity index (χ3n) is 11.2. The first-order valence-electron chi connectivity index (χ1n) is 20.0. The van der Waals surface area contributed by atoms with Crippen LogP contribution in [0, 0.1) is 20.8 Å². The number of fused-ring (bicyclic) bond motifs is 2. The summed E-state index contributed by atoms with van der Waals surface area (Å²) in [6.07, 6.45) is -4.25. The van der Waals surface area contributed by atoms with Gasteiger partial charge >= 0.3 is 12.1 Å². The third kappa shape index (κ3) is 9.36. The normalized spacial score (nSPS) is 16.2. The van der Waals surface area contributed by atoms with Gasteiger partial charge in [0.1, 0.15) is 31.0 Å². The van der Waals surface area contributed by atoms with E-state index in [9.17, 15) is 32.7 Å². The maximum atomic E-state index is 14.2. The molecule has 0 bridgehead atoms. The summed E-state index contributed by atoms with van der Waals surface area (Å²) >= 11 is 12.1. The average molecular weight is 916 g/mol. The third-order valence-corrected chi connectivity index (χ3v) is 12.0. The van der Waals surface area contributed by atoms with Gasteiger partial charge in [-0.3, -0.25) is 14.6 Å². The van der Waals surface area contributed by atoms with Crippen LogP contribution in [0.15, 0.2) is 95.5 Å². The van der Waals surface area contributed by atoms with E-state index in [-0.39, 0.29) is 32.6 Å². The smallest absolute Gasteiger partial charge is 0.452 e. The fourth-order valence-corrected chi connectivity index (χ4v) is 8.04. The zero-order valence-corrected chi connectivity index (χ0v) is 36.0. The molecular formula is C47H39Cl2F3N4O8. The SMILES string of the molecule is Cc1nc(C(=O)N2Cc3cc4c(cc3C[C@H]2C(=O)NC(Cc2ccc(-c3ccnc(C)c3C)cc2)C(=O)O)OC[C@H](c2ccc(OCc3ccc(Cl)c(Cl)c3)cc2)O4)c(C(F)(F)F)o1. The van der Waals surface area contributed by atoms with Crippen molar-refractivity contribution in [2.45, 2.75) is 71.1 Å². The standard InChI is InChI=1S/C47H39Cl2F3N4O8/c1-24-25(2)53-15-14-34(24)29-7-4-27(5-8-29)17-37(46(59)60)55-44(57)38-18-31-19-39-40(20-32(31)21-56(38)45(58)42-43(47(50,51)52)63-26(3)54-42)64-41(23-62-39)30-9-11-33(12-10-30)61-22-28-6-13-35(48)36(49)16-28/h4-16,19-20,37-38,41H,17-18,21-23H2,1-3H3,(H,55,57)(H,59,60)/t37?,38-,41+/m0/s1. The molecule has 0 fully saturated rings. The Morgan fingerprint density at radius 2 is 1.64 bits per heavy atom. The number of hydrogen-bond acceptors (Lipinski definition) is 9. The van der Waals surface area contributed by atoms with E-state index in [0.29, 0.717) is 44.0 Å². The van der Waals surface area contributed by atoms with Crippen LogP contribution < -0.4 is 19.5 Å². The molecule has 64 heavy (non-hydrogen) atoms. The van der Waals surface area contributed by atoms with Gasteiger partial charge in [0.15, 0.2) is 29.2 Å². The lowest BCUT2D eigenvalue weighted by atomic mass is 9.91. The molecule has 0 radical (unpaired) electrons. The number of carboxylic acid groups (broad SMARTS) is 1. The number of amides is 2. The lowest BCUT2D eigenvalue weighted by Crippen LogP contribution is -2.56. The molecule has 4 aromatic carbocycles. The number of pyridine rings is 1. The number of benzene rings is 4. The fourth-order valence-electron chi connectivity index (χ4n) is 7.72. The molecular weight excluding hydrogens is 876 g/mol. The number of carbonyl (C=O) groups is 3. The maximum absolute atomic E-state index is 14.2. The molecule has 330 valence electrons. The maximum Gasteiger partial charge on any atom is 0.452 e. The molecule has 17 heteroatoms. The van der Waals surface area contributed by atoms with Crippen LogP contribution in [-0.4, -0.2) is 56.4 Å². The minimum absolute atomic E-state index is 0.123. The topological polar surface area (TPSA) is 153 Å². The van der Waals surface area contributed by atoms with Gasteiger partial charge in [0.05, 0.1) is 10.0 Å². The zero-order valence-electron chi connectivity index (χ0n) is 34.5. The molecule has 3 atom stereocenters. The number of nitrogens with one attached hydrogen (secondary N) is 1. The number of oxazole rings is 1. The van der Waals surface area contributed by atoms with Crippen LogP contribution in [0.25, 0.3) is 11.1 Å². The summed E-state index contributed by atoms with van der Waals surface area (Å²) in [5, 5.41) is 13.7. The highest BCUT2D eigenvalue weighted by Gasteiger charge is 2.45. The number of carboxylic acids is 1. The van der Waals surface area contributed by atoms with Crippen LogP contribution in [0.2, 0.25) is 10.0 Å².